The summed E-state index contributed by atoms with van der Waals surface area (Å²) < 4.78 is 11.9. The maximum atomic E-state index is 13.0. The molecule has 1 saturated heterocycles. The maximum absolute atomic E-state index is 13.0. The normalized spacial score (nSPS) is 15.6. The van der Waals surface area contributed by atoms with E-state index in [9.17, 15) is 9.59 Å². The van der Waals surface area contributed by atoms with Gasteiger partial charge in [-0.2, -0.15) is 9.78 Å². The molecular weight excluding hydrogens is 544 g/mol. The van der Waals surface area contributed by atoms with Gasteiger partial charge in [0, 0.05) is 48.2 Å². The van der Waals surface area contributed by atoms with Crippen molar-refractivity contribution in [2.75, 3.05) is 36.5 Å². The smallest absolute Gasteiger partial charge is 0.435 e. The fourth-order valence-corrected chi connectivity index (χ4v) is 5.67. The molecule has 0 amide bonds. The molecule has 6 rings (SSSR count). The average Bonchev–Trinajstić information content (AvgIpc) is 3.43. The highest BCUT2D eigenvalue weighted by molar-refractivity contribution is 6.09. The van der Waals surface area contributed by atoms with E-state index in [-0.39, 0.29) is 6.04 Å². The van der Waals surface area contributed by atoms with Crippen LogP contribution in [0, 0.1) is 0 Å². The van der Waals surface area contributed by atoms with E-state index in [4.69, 9.17) is 14.5 Å². The van der Waals surface area contributed by atoms with E-state index in [0.717, 1.165) is 53.0 Å². The number of hydrogen-bond acceptors (Lipinski definition) is 9. The molecule has 0 N–H and O–H groups in total. The lowest BCUT2D eigenvalue weighted by Gasteiger charge is -2.41. The summed E-state index contributed by atoms with van der Waals surface area (Å²) in [5.74, 6) is 0.533. The van der Waals surface area contributed by atoms with Crippen LogP contribution in [0.4, 0.5) is 16.3 Å². The number of ether oxygens (including phenoxy) is 2. The third kappa shape index (κ3) is 5.48. The van der Waals surface area contributed by atoms with Crippen LogP contribution in [0.25, 0.3) is 32.9 Å². The van der Waals surface area contributed by atoms with E-state index in [2.05, 4.69) is 32.9 Å². The molecule has 1 atom stereocenters. The van der Waals surface area contributed by atoms with Crippen LogP contribution in [0.1, 0.15) is 38.1 Å². The van der Waals surface area contributed by atoms with Crippen molar-refractivity contribution in [3.63, 3.8) is 0 Å². The van der Waals surface area contributed by atoms with Gasteiger partial charge in [0.15, 0.2) is 0 Å². The predicted molar refractivity (Wildman–Crippen MR) is 167 cm³/mol. The second-order valence-electron chi connectivity index (χ2n) is 11.7. The number of esters is 1. The van der Waals surface area contributed by atoms with Crippen molar-refractivity contribution >= 4 is 45.4 Å². The van der Waals surface area contributed by atoms with Crippen LogP contribution < -0.4 is 9.80 Å². The summed E-state index contributed by atoms with van der Waals surface area (Å²) in [4.78, 5) is 39.7. The summed E-state index contributed by atoms with van der Waals surface area (Å²) in [5, 5.41) is 5.85. The zero-order chi connectivity index (χ0) is 30.3. The van der Waals surface area contributed by atoms with E-state index >= 15 is 0 Å². The molecule has 43 heavy (non-hydrogen) atoms. The molecule has 1 aliphatic heterocycles. The molecule has 0 bridgehead atoms. The molecular formula is C33H34N6O4. The van der Waals surface area contributed by atoms with Crippen LogP contribution in [0.5, 0.6) is 0 Å². The number of hydrogen-bond donors (Lipinski definition) is 0. The molecule has 5 aromatic rings. The minimum absolute atomic E-state index is 0.206. The number of nitrogens with zero attached hydrogens (tertiary/aromatic N) is 6. The first-order chi connectivity index (χ1) is 20.6. The standard InChI is InChI=1S/C33H34N6O4/c1-21-20-37(29-8-6-7-13-34-29)14-15-38(21)24-17-26-27(35-19-24)11-10-25(31(40)42-5)30(26)22-9-12-28-23(16-22)18-36-39(28)32(41)43-33(2,3)4/h6-13,16-19,21H,14-15,20H2,1-5H3/t21-/m0/s1. The summed E-state index contributed by atoms with van der Waals surface area (Å²) in [7, 11) is 1.38. The Bertz CT molecular complexity index is 1830. The number of fused-ring (bicyclic) bond motifs is 2. The molecule has 3 aromatic heterocycles. The quantitative estimate of drug-likeness (QED) is 0.240. The Hall–Kier alpha value is -4.99. The van der Waals surface area contributed by atoms with Crippen molar-refractivity contribution in [3.8, 4) is 11.1 Å². The van der Waals surface area contributed by atoms with Crippen molar-refractivity contribution < 1.29 is 19.1 Å². The predicted octanol–water partition coefficient (Wildman–Crippen LogP) is 5.93. The van der Waals surface area contributed by atoms with Crippen LogP contribution in [-0.2, 0) is 9.47 Å². The van der Waals surface area contributed by atoms with Crippen LogP contribution in [0.3, 0.4) is 0 Å². The zero-order valence-corrected chi connectivity index (χ0v) is 24.9. The van der Waals surface area contributed by atoms with Gasteiger partial charge >= 0.3 is 12.1 Å². The molecule has 2 aromatic carbocycles. The third-order valence-electron chi connectivity index (χ3n) is 7.61. The lowest BCUT2D eigenvalue weighted by molar-refractivity contribution is 0.0521. The monoisotopic (exact) mass is 578 g/mol. The highest BCUT2D eigenvalue weighted by Gasteiger charge is 2.26. The van der Waals surface area contributed by atoms with E-state index in [1.165, 1.54) is 11.8 Å². The molecule has 220 valence electrons. The van der Waals surface area contributed by atoms with Crippen molar-refractivity contribution in [3.05, 3.63) is 78.8 Å². The van der Waals surface area contributed by atoms with Gasteiger partial charge in [0.1, 0.15) is 11.4 Å². The minimum Gasteiger partial charge on any atom is -0.465 e. The van der Waals surface area contributed by atoms with E-state index in [1.54, 1.807) is 12.3 Å². The Kier molecular flexibility index (Phi) is 7.21. The number of carbonyl (C=O) groups excluding carboxylic acids is 2. The van der Waals surface area contributed by atoms with Gasteiger partial charge < -0.3 is 19.3 Å². The third-order valence-corrected chi connectivity index (χ3v) is 7.61. The Morgan fingerprint density at radius 3 is 2.53 bits per heavy atom. The van der Waals surface area contributed by atoms with Crippen LogP contribution >= 0.6 is 0 Å². The van der Waals surface area contributed by atoms with Gasteiger partial charge in [0.2, 0.25) is 0 Å². The summed E-state index contributed by atoms with van der Waals surface area (Å²) in [6.07, 6.45) is 4.78. The first kappa shape index (κ1) is 28.1. The number of piperazine rings is 1. The van der Waals surface area contributed by atoms with Gasteiger partial charge in [-0.15, -0.1) is 0 Å². The number of aromatic nitrogens is 4. The van der Waals surface area contributed by atoms with Gasteiger partial charge in [0.05, 0.1) is 41.8 Å². The fraction of sp³-hybridized carbons (Fsp3) is 0.303. The molecule has 4 heterocycles. The topological polar surface area (TPSA) is 103 Å². The number of pyridine rings is 2. The zero-order valence-electron chi connectivity index (χ0n) is 24.9. The second-order valence-corrected chi connectivity index (χ2v) is 11.7. The van der Waals surface area contributed by atoms with E-state index < -0.39 is 17.7 Å². The summed E-state index contributed by atoms with van der Waals surface area (Å²) in [6.45, 7) is 10.1. The largest absolute Gasteiger partial charge is 0.465 e. The number of carbonyl (C=O) groups is 2. The molecule has 0 saturated carbocycles. The van der Waals surface area contributed by atoms with Gasteiger partial charge in [-0.25, -0.2) is 14.6 Å². The maximum Gasteiger partial charge on any atom is 0.435 e. The van der Waals surface area contributed by atoms with E-state index in [1.807, 2.05) is 75.6 Å². The Labute approximate surface area is 249 Å². The van der Waals surface area contributed by atoms with Gasteiger partial charge in [0.25, 0.3) is 0 Å². The summed E-state index contributed by atoms with van der Waals surface area (Å²) in [6, 6.07) is 17.5. The van der Waals surface area contributed by atoms with E-state index in [0.29, 0.717) is 16.6 Å². The fourth-order valence-electron chi connectivity index (χ4n) is 5.67. The average molecular weight is 579 g/mol. The van der Waals surface area contributed by atoms with Crippen LogP contribution in [-0.4, -0.2) is 70.2 Å². The van der Waals surface area contributed by atoms with Crippen LogP contribution in [0.2, 0.25) is 0 Å². The molecule has 0 spiro atoms. The molecule has 1 aliphatic rings. The molecule has 1 fully saturated rings. The number of methoxy groups -OCH3 is 1. The first-order valence-electron chi connectivity index (χ1n) is 14.3. The number of anilines is 2. The van der Waals surface area contributed by atoms with Crippen molar-refractivity contribution in [2.45, 2.75) is 39.3 Å². The van der Waals surface area contributed by atoms with Crippen molar-refractivity contribution in [1.29, 1.82) is 0 Å². The first-order valence-corrected chi connectivity index (χ1v) is 14.3. The Morgan fingerprint density at radius 1 is 0.977 bits per heavy atom. The molecule has 0 radical (unpaired) electrons. The van der Waals surface area contributed by atoms with Crippen molar-refractivity contribution in [1.82, 2.24) is 19.7 Å². The highest BCUT2D eigenvalue weighted by Crippen LogP contribution is 2.36. The minimum atomic E-state index is -0.652. The Balaban J connectivity index is 1.41. The number of benzene rings is 2. The summed E-state index contributed by atoms with van der Waals surface area (Å²) in [5.41, 5.74) is 3.62. The lowest BCUT2D eigenvalue weighted by Crippen LogP contribution is -2.52. The second kappa shape index (κ2) is 11.0. The summed E-state index contributed by atoms with van der Waals surface area (Å²) >= 11 is 0. The van der Waals surface area contributed by atoms with Crippen molar-refractivity contribution in [2.24, 2.45) is 0 Å². The SMILES string of the molecule is COC(=O)c1ccc2ncc(N3CCN(c4ccccn4)C[C@@H]3C)cc2c1-c1ccc2c(cnn2C(=O)OC(C)(C)C)c1. The number of rotatable bonds is 4. The lowest BCUT2D eigenvalue weighted by atomic mass is 9.94. The Morgan fingerprint density at radius 2 is 1.81 bits per heavy atom. The molecule has 0 unspecified atom stereocenters. The molecule has 10 heteroatoms. The van der Waals surface area contributed by atoms with Gasteiger partial charge in [-0.05, 0) is 75.7 Å². The molecule has 0 aliphatic carbocycles. The highest BCUT2D eigenvalue weighted by atomic mass is 16.6. The van der Waals surface area contributed by atoms with Gasteiger partial charge in [-0.1, -0.05) is 12.1 Å². The molecule has 10 nitrogen and oxygen atoms in total. The van der Waals surface area contributed by atoms with Crippen LogP contribution in [0.15, 0.2) is 73.2 Å². The van der Waals surface area contributed by atoms with Gasteiger partial charge in [-0.3, -0.25) is 4.98 Å².